The fraction of sp³-hybridized carbons (Fsp3) is 0.421. The second-order valence-electron chi connectivity index (χ2n) is 6.77. The van der Waals surface area contributed by atoms with E-state index in [0.717, 1.165) is 43.9 Å². The molecule has 7 nitrogen and oxygen atoms in total. The summed E-state index contributed by atoms with van der Waals surface area (Å²) in [6.45, 7) is 3.59. The van der Waals surface area contributed by atoms with E-state index < -0.39 is 0 Å². The highest BCUT2D eigenvalue weighted by atomic mass is 16.5. The van der Waals surface area contributed by atoms with Gasteiger partial charge in [0, 0.05) is 44.4 Å². The van der Waals surface area contributed by atoms with Crippen LogP contribution in [0.25, 0.3) is 12.2 Å². The normalized spacial score (nSPS) is 21.8. The zero-order chi connectivity index (χ0) is 17.9. The number of likely N-dealkylation sites (N-methyl/N-ethyl adjacent to an activating group) is 1. The number of carbonyl (C=O) groups is 1. The van der Waals surface area contributed by atoms with Gasteiger partial charge in [0.05, 0.1) is 6.04 Å². The molecule has 3 heterocycles. The molecule has 1 amide bonds. The Morgan fingerprint density at radius 2 is 2.08 bits per heavy atom. The van der Waals surface area contributed by atoms with E-state index in [-0.39, 0.29) is 11.9 Å². The topological polar surface area (TPSA) is 74.5 Å². The minimum absolute atomic E-state index is 0.145. The van der Waals surface area contributed by atoms with E-state index in [1.54, 1.807) is 0 Å². The monoisotopic (exact) mass is 353 g/mol. The Kier molecular flexibility index (Phi) is 4.81. The summed E-state index contributed by atoms with van der Waals surface area (Å²) in [7, 11) is 2.07. The maximum absolute atomic E-state index is 11.8. The molecule has 2 saturated heterocycles. The maximum atomic E-state index is 11.8. The standard InChI is InChI=1S/C19H23N5O2/c1-23-12-10-20-13-16(23)19-21-17(26-22-19)9-6-14-4-7-15(8-5-14)24-11-2-3-18(24)25/h4-9,16,20H,2-3,10-13H2,1H3/b9-6+. The highest BCUT2D eigenvalue weighted by Gasteiger charge is 2.25. The molecule has 1 atom stereocenters. The van der Waals surface area contributed by atoms with Crippen LogP contribution >= 0.6 is 0 Å². The summed E-state index contributed by atoms with van der Waals surface area (Å²) in [4.78, 5) is 20.4. The van der Waals surface area contributed by atoms with E-state index in [4.69, 9.17) is 4.52 Å². The van der Waals surface area contributed by atoms with E-state index in [2.05, 4.69) is 27.4 Å². The number of carbonyl (C=O) groups excluding carboxylic acids is 1. The van der Waals surface area contributed by atoms with E-state index >= 15 is 0 Å². The first kappa shape index (κ1) is 16.9. The van der Waals surface area contributed by atoms with Crippen LogP contribution in [0.5, 0.6) is 0 Å². The van der Waals surface area contributed by atoms with Crippen LogP contribution in [0.1, 0.15) is 36.2 Å². The Labute approximate surface area is 152 Å². The summed E-state index contributed by atoms with van der Waals surface area (Å²) in [5.41, 5.74) is 1.98. The van der Waals surface area contributed by atoms with E-state index in [0.29, 0.717) is 18.1 Å². The van der Waals surface area contributed by atoms with Crippen LogP contribution < -0.4 is 10.2 Å². The maximum Gasteiger partial charge on any atom is 0.250 e. The van der Waals surface area contributed by atoms with Crippen molar-refractivity contribution >= 4 is 23.7 Å². The quantitative estimate of drug-likeness (QED) is 0.905. The van der Waals surface area contributed by atoms with Crippen LogP contribution in [0.2, 0.25) is 0 Å². The zero-order valence-corrected chi connectivity index (χ0v) is 14.9. The summed E-state index contributed by atoms with van der Waals surface area (Å²) < 4.78 is 5.35. The van der Waals surface area contributed by atoms with Crippen molar-refractivity contribution in [1.29, 1.82) is 0 Å². The Balaban J connectivity index is 1.42. The molecule has 7 heteroatoms. The number of nitrogens with zero attached hydrogens (tertiary/aromatic N) is 4. The summed E-state index contributed by atoms with van der Waals surface area (Å²) in [6, 6.07) is 8.09. The SMILES string of the molecule is CN1CCNCC1c1noc(/C=C/c2ccc(N3CCCC3=O)cc2)n1. The van der Waals surface area contributed by atoms with Gasteiger partial charge >= 0.3 is 0 Å². The van der Waals surface area contributed by atoms with Gasteiger partial charge in [-0.2, -0.15) is 4.98 Å². The largest absolute Gasteiger partial charge is 0.335 e. The minimum Gasteiger partial charge on any atom is -0.335 e. The summed E-state index contributed by atoms with van der Waals surface area (Å²) in [5, 5.41) is 7.47. The van der Waals surface area contributed by atoms with Crippen molar-refractivity contribution in [2.45, 2.75) is 18.9 Å². The zero-order valence-electron chi connectivity index (χ0n) is 14.9. The van der Waals surface area contributed by atoms with E-state index in [9.17, 15) is 4.79 Å². The predicted octanol–water partition coefficient (Wildman–Crippen LogP) is 1.94. The number of piperazine rings is 1. The average molecular weight is 353 g/mol. The van der Waals surface area contributed by atoms with Gasteiger partial charge in [0.25, 0.3) is 5.89 Å². The number of rotatable bonds is 4. The number of aromatic nitrogens is 2. The molecule has 1 aromatic carbocycles. The van der Waals surface area contributed by atoms with Gasteiger partial charge in [-0.05, 0) is 37.2 Å². The van der Waals surface area contributed by atoms with Gasteiger partial charge in [-0.1, -0.05) is 17.3 Å². The smallest absolute Gasteiger partial charge is 0.250 e. The van der Waals surface area contributed by atoms with Gasteiger partial charge in [-0.25, -0.2) is 0 Å². The lowest BCUT2D eigenvalue weighted by molar-refractivity contribution is -0.117. The lowest BCUT2D eigenvalue weighted by atomic mass is 10.2. The number of amides is 1. The Hall–Kier alpha value is -2.51. The number of anilines is 1. The van der Waals surface area contributed by atoms with Crippen molar-refractivity contribution in [3.05, 3.63) is 41.5 Å². The van der Waals surface area contributed by atoms with Crippen LogP contribution in [0.4, 0.5) is 5.69 Å². The fourth-order valence-corrected chi connectivity index (χ4v) is 3.40. The molecule has 2 aromatic rings. The molecule has 4 rings (SSSR count). The first-order valence-corrected chi connectivity index (χ1v) is 9.04. The molecular formula is C19H23N5O2. The van der Waals surface area contributed by atoms with Crippen molar-refractivity contribution in [1.82, 2.24) is 20.4 Å². The van der Waals surface area contributed by atoms with Crippen LogP contribution in [0.15, 0.2) is 28.8 Å². The molecule has 1 unspecified atom stereocenters. The van der Waals surface area contributed by atoms with Crippen LogP contribution in [-0.2, 0) is 4.79 Å². The van der Waals surface area contributed by atoms with Crippen molar-refractivity contribution in [3.63, 3.8) is 0 Å². The highest BCUT2D eigenvalue weighted by molar-refractivity contribution is 5.95. The average Bonchev–Trinajstić information content (AvgIpc) is 3.30. The third-order valence-corrected chi connectivity index (χ3v) is 4.96. The summed E-state index contributed by atoms with van der Waals surface area (Å²) in [5.74, 6) is 1.41. The second kappa shape index (κ2) is 7.39. The first-order valence-electron chi connectivity index (χ1n) is 9.04. The molecule has 2 fully saturated rings. The number of hydrogen-bond donors (Lipinski definition) is 1. The van der Waals surface area contributed by atoms with Gasteiger partial charge in [0.1, 0.15) is 0 Å². The molecule has 0 spiro atoms. The van der Waals surface area contributed by atoms with Gasteiger partial charge in [0.2, 0.25) is 5.91 Å². The molecule has 0 saturated carbocycles. The van der Waals surface area contributed by atoms with E-state index in [1.165, 1.54) is 0 Å². The first-order chi connectivity index (χ1) is 12.7. The predicted molar refractivity (Wildman–Crippen MR) is 99.5 cm³/mol. The van der Waals surface area contributed by atoms with Crippen LogP contribution in [0.3, 0.4) is 0 Å². The third kappa shape index (κ3) is 3.54. The van der Waals surface area contributed by atoms with Gasteiger partial charge in [-0.3, -0.25) is 9.69 Å². The summed E-state index contributed by atoms with van der Waals surface area (Å²) >= 11 is 0. The Bertz CT molecular complexity index is 799. The molecule has 1 N–H and O–H groups in total. The number of hydrogen-bond acceptors (Lipinski definition) is 6. The highest BCUT2D eigenvalue weighted by Crippen LogP contribution is 2.22. The molecule has 2 aliphatic rings. The van der Waals surface area contributed by atoms with Gasteiger partial charge < -0.3 is 14.7 Å². The molecule has 2 aliphatic heterocycles. The van der Waals surface area contributed by atoms with Crippen LogP contribution in [-0.4, -0.2) is 54.2 Å². The molecule has 0 radical (unpaired) electrons. The van der Waals surface area contributed by atoms with Gasteiger partial charge in [-0.15, -0.1) is 0 Å². The van der Waals surface area contributed by atoms with Crippen molar-refractivity contribution in [2.24, 2.45) is 0 Å². The molecule has 0 bridgehead atoms. The Morgan fingerprint density at radius 1 is 1.23 bits per heavy atom. The molecule has 136 valence electrons. The molecule has 26 heavy (non-hydrogen) atoms. The summed E-state index contributed by atoms with van der Waals surface area (Å²) in [6.07, 6.45) is 5.34. The fourth-order valence-electron chi connectivity index (χ4n) is 3.40. The molecular weight excluding hydrogens is 330 g/mol. The van der Waals surface area contributed by atoms with Crippen molar-refractivity contribution in [2.75, 3.05) is 38.1 Å². The Morgan fingerprint density at radius 3 is 2.81 bits per heavy atom. The van der Waals surface area contributed by atoms with Crippen molar-refractivity contribution in [3.8, 4) is 0 Å². The molecule has 1 aromatic heterocycles. The van der Waals surface area contributed by atoms with Crippen LogP contribution in [0, 0.1) is 0 Å². The second-order valence-corrected chi connectivity index (χ2v) is 6.77. The lowest BCUT2D eigenvalue weighted by Gasteiger charge is -2.30. The van der Waals surface area contributed by atoms with E-state index in [1.807, 2.05) is 41.3 Å². The minimum atomic E-state index is 0.145. The third-order valence-electron chi connectivity index (χ3n) is 4.96. The van der Waals surface area contributed by atoms with Crippen molar-refractivity contribution < 1.29 is 9.32 Å². The lowest BCUT2D eigenvalue weighted by Crippen LogP contribution is -2.44. The number of nitrogens with one attached hydrogen (secondary N) is 1. The molecule has 0 aliphatic carbocycles. The van der Waals surface area contributed by atoms with Gasteiger partial charge in [0.15, 0.2) is 5.82 Å². The number of benzene rings is 1.